The Morgan fingerprint density at radius 3 is 2.78 bits per heavy atom. The van der Waals surface area contributed by atoms with Crippen molar-refractivity contribution in [2.24, 2.45) is 0 Å². The Bertz CT molecular complexity index is 605. The molecule has 6 heteroatoms. The van der Waals surface area contributed by atoms with Crippen LogP contribution in [0.4, 0.5) is 4.79 Å². The predicted molar refractivity (Wildman–Crippen MR) is 88.5 cm³/mol. The van der Waals surface area contributed by atoms with Gasteiger partial charge >= 0.3 is 6.03 Å². The van der Waals surface area contributed by atoms with Crippen LogP contribution in [-0.4, -0.2) is 28.4 Å². The molecule has 0 atom stereocenters. The van der Waals surface area contributed by atoms with Gasteiger partial charge in [-0.05, 0) is 44.1 Å². The molecule has 1 heterocycles. The summed E-state index contributed by atoms with van der Waals surface area (Å²) in [5.41, 5.74) is 2.07. The summed E-state index contributed by atoms with van der Waals surface area (Å²) in [4.78, 5) is 23.9. The van der Waals surface area contributed by atoms with Gasteiger partial charge in [0.1, 0.15) is 0 Å². The topological polar surface area (TPSA) is 76.0 Å². The first-order chi connectivity index (χ1) is 11.2. The number of nitrogens with zero attached hydrogens (tertiary/aromatic N) is 2. The van der Waals surface area contributed by atoms with Crippen LogP contribution in [0, 0.1) is 0 Å². The lowest BCUT2D eigenvalue weighted by Gasteiger charge is -2.22. The van der Waals surface area contributed by atoms with Gasteiger partial charge in [-0.25, -0.2) is 9.48 Å². The van der Waals surface area contributed by atoms with Crippen LogP contribution >= 0.6 is 0 Å². The van der Waals surface area contributed by atoms with Crippen LogP contribution in [0.2, 0.25) is 0 Å². The fourth-order valence-electron chi connectivity index (χ4n) is 3.52. The van der Waals surface area contributed by atoms with Gasteiger partial charge in [0.25, 0.3) is 5.56 Å². The lowest BCUT2D eigenvalue weighted by Crippen LogP contribution is -2.44. The zero-order valence-corrected chi connectivity index (χ0v) is 13.6. The molecule has 126 valence electrons. The highest BCUT2D eigenvalue weighted by Crippen LogP contribution is 2.17. The van der Waals surface area contributed by atoms with Crippen LogP contribution in [0.5, 0.6) is 0 Å². The summed E-state index contributed by atoms with van der Waals surface area (Å²) >= 11 is 0. The van der Waals surface area contributed by atoms with Crippen molar-refractivity contribution in [2.75, 3.05) is 6.54 Å². The maximum atomic E-state index is 12.1. The third-order valence-corrected chi connectivity index (χ3v) is 4.82. The van der Waals surface area contributed by atoms with Crippen molar-refractivity contribution in [3.05, 3.63) is 27.7 Å². The van der Waals surface area contributed by atoms with E-state index in [-0.39, 0.29) is 11.6 Å². The third-order valence-electron chi connectivity index (χ3n) is 4.82. The summed E-state index contributed by atoms with van der Waals surface area (Å²) in [5, 5.41) is 10.3. The number of carbonyl (C=O) groups is 1. The second-order valence-electron chi connectivity index (χ2n) is 6.62. The molecule has 2 aliphatic rings. The fourth-order valence-corrected chi connectivity index (χ4v) is 3.52. The summed E-state index contributed by atoms with van der Waals surface area (Å²) < 4.78 is 1.48. The van der Waals surface area contributed by atoms with Crippen molar-refractivity contribution in [3.8, 4) is 0 Å². The van der Waals surface area contributed by atoms with Crippen LogP contribution in [-0.2, 0) is 19.4 Å². The number of fused-ring (bicyclic) bond motifs is 1. The number of hydrogen-bond donors (Lipinski definition) is 2. The molecule has 0 aliphatic heterocycles. The van der Waals surface area contributed by atoms with Gasteiger partial charge in [-0.1, -0.05) is 19.3 Å². The summed E-state index contributed by atoms with van der Waals surface area (Å²) in [7, 11) is 0. The molecule has 0 radical (unpaired) electrons. The number of amides is 2. The SMILES string of the molecule is O=C(NCCn1nc2c(cc1=O)CCCC2)NC1CCCCC1. The zero-order valence-electron chi connectivity index (χ0n) is 13.6. The number of nitrogens with one attached hydrogen (secondary N) is 2. The quantitative estimate of drug-likeness (QED) is 0.888. The van der Waals surface area contributed by atoms with E-state index in [1.54, 1.807) is 6.07 Å². The highest BCUT2D eigenvalue weighted by atomic mass is 16.2. The van der Waals surface area contributed by atoms with E-state index in [0.29, 0.717) is 19.1 Å². The van der Waals surface area contributed by atoms with Crippen molar-refractivity contribution in [1.82, 2.24) is 20.4 Å². The number of aromatic nitrogens is 2. The maximum absolute atomic E-state index is 12.1. The molecule has 2 aliphatic carbocycles. The monoisotopic (exact) mass is 318 g/mol. The van der Waals surface area contributed by atoms with E-state index >= 15 is 0 Å². The van der Waals surface area contributed by atoms with Gasteiger partial charge in [-0.15, -0.1) is 0 Å². The summed E-state index contributed by atoms with van der Waals surface area (Å²) in [6, 6.07) is 1.88. The summed E-state index contributed by atoms with van der Waals surface area (Å²) in [5.74, 6) is 0. The van der Waals surface area contributed by atoms with Gasteiger partial charge < -0.3 is 10.6 Å². The largest absolute Gasteiger partial charge is 0.336 e. The van der Waals surface area contributed by atoms with E-state index in [1.165, 1.54) is 23.9 Å². The van der Waals surface area contributed by atoms with Gasteiger partial charge in [-0.3, -0.25) is 4.79 Å². The van der Waals surface area contributed by atoms with Gasteiger partial charge in [0, 0.05) is 18.7 Å². The molecule has 0 saturated heterocycles. The second-order valence-corrected chi connectivity index (χ2v) is 6.62. The van der Waals surface area contributed by atoms with E-state index in [2.05, 4.69) is 15.7 Å². The molecule has 1 aromatic rings. The minimum Gasteiger partial charge on any atom is -0.336 e. The van der Waals surface area contributed by atoms with Crippen LogP contribution in [0.3, 0.4) is 0 Å². The van der Waals surface area contributed by atoms with E-state index in [1.807, 2.05) is 0 Å². The number of urea groups is 1. The Morgan fingerprint density at radius 1 is 1.17 bits per heavy atom. The second kappa shape index (κ2) is 7.62. The first kappa shape index (κ1) is 16.0. The van der Waals surface area contributed by atoms with Gasteiger partial charge in [0.15, 0.2) is 0 Å². The molecule has 0 aromatic carbocycles. The Morgan fingerprint density at radius 2 is 1.96 bits per heavy atom. The summed E-state index contributed by atoms with van der Waals surface area (Å²) in [6.45, 7) is 0.842. The predicted octanol–water partition coefficient (Wildman–Crippen LogP) is 1.75. The highest BCUT2D eigenvalue weighted by molar-refractivity contribution is 5.74. The van der Waals surface area contributed by atoms with Crippen molar-refractivity contribution in [2.45, 2.75) is 70.4 Å². The number of rotatable bonds is 4. The Kier molecular flexibility index (Phi) is 5.31. The van der Waals surface area contributed by atoms with E-state index in [0.717, 1.165) is 49.8 Å². The average Bonchev–Trinajstić information content (AvgIpc) is 2.56. The highest BCUT2D eigenvalue weighted by Gasteiger charge is 2.16. The molecule has 0 unspecified atom stereocenters. The molecular formula is C17H26N4O2. The van der Waals surface area contributed by atoms with Crippen molar-refractivity contribution in [3.63, 3.8) is 0 Å². The molecule has 6 nitrogen and oxygen atoms in total. The molecule has 1 aromatic heterocycles. The number of carbonyl (C=O) groups excluding carboxylic acids is 1. The third kappa shape index (κ3) is 4.33. The van der Waals surface area contributed by atoms with Crippen LogP contribution in [0.1, 0.15) is 56.2 Å². The number of aryl methyl sites for hydroxylation is 2. The van der Waals surface area contributed by atoms with Crippen molar-refractivity contribution >= 4 is 6.03 Å². The fraction of sp³-hybridized carbons (Fsp3) is 0.706. The van der Waals surface area contributed by atoms with Crippen LogP contribution in [0.25, 0.3) is 0 Å². The molecule has 3 rings (SSSR count). The first-order valence-electron chi connectivity index (χ1n) is 8.86. The van der Waals surface area contributed by atoms with Crippen LogP contribution < -0.4 is 16.2 Å². The summed E-state index contributed by atoms with van der Waals surface area (Å²) in [6.07, 6.45) is 9.98. The lowest BCUT2D eigenvalue weighted by molar-refractivity contribution is 0.232. The van der Waals surface area contributed by atoms with Gasteiger partial charge in [0.05, 0.1) is 12.2 Å². The molecule has 1 fully saturated rings. The van der Waals surface area contributed by atoms with Gasteiger partial charge in [-0.2, -0.15) is 5.10 Å². The molecule has 0 bridgehead atoms. The van der Waals surface area contributed by atoms with E-state index in [9.17, 15) is 9.59 Å². The molecule has 2 N–H and O–H groups in total. The molecular weight excluding hydrogens is 292 g/mol. The smallest absolute Gasteiger partial charge is 0.315 e. The molecule has 2 amide bonds. The maximum Gasteiger partial charge on any atom is 0.315 e. The van der Waals surface area contributed by atoms with Crippen LogP contribution in [0.15, 0.2) is 10.9 Å². The molecule has 0 spiro atoms. The standard InChI is InChI=1S/C17H26N4O2/c22-16-12-13-6-4-5-9-15(13)20-21(16)11-10-18-17(23)19-14-7-2-1-3-8-14/h12,14H,1-11H2,(H2,18,19,23). The molecule has 1 saturated carbocycles. The lowest BCUT2D eigenvalue weighted by atomic mass is 9.96. The Hall–Kier alpha value is -1.85. The zero-order chi connectivity index (χ0) is 16.1. The Labute approximate surface area is 136 Å². The first-order valence-corrected chi connectivity index (χ1v) is 8.86. The normalized spacial score (nSPS) is 18.3. The average molecular weight is 318 g/mol. The van der Waals surface area contributed by atoms with Crippen molar-refractivity contribution in [1.29, 1.82) is 0 Å². The van der Waals surface area contributed by atoms with Crippen molar-refractivity contribution < 1.29 is 4.79 Å². The van der Waals surface area contributed by atoms with E-state index in [4.69, 9.17) is 0 Å². The van der Waals surface area contributed by atoms with E-state index < -0.39 is 0 Å². The number of hydrogen-bond acceptors (Lipinski definition) is 3. The minimum atomic E-state index is -0.136. The van der Waals surface area contributed by atoms with Gasteiger partial charge in [0.2, 0.25) is 0 Å². The Balaban J connectivity index is 1.48. The molecule has 23 heavy (non-hydrogen) atoms. The minimum absolute atomic E-state index is 0.0693.